The molecule has 1 atom stereocenters. The summed E-state index contributed by atoms with van der Waals surface area (Å²) in [5, 5.41) is 0.597. The molecule has 0 aliphatic heterocycles. The number of hydrogen-bond donors (Lipinski definition) is 2. The first kappa shape index (κ1) is 13.0. The number of fused-ring (bicyclic) bond motifs is 1. The molecule has 0 spiro atoms. The molecule has 0 saturated heterocycles. The number of unbranched alkanes of at least 4 members (excludes halogenated alkanes) is 1. The lowest BCUT2D eigenvalue weighted by molar-refractivity contribution is 0.574. The van der Waals surface area contributed by atoms with Crippen molar-refractivity contribution in [1.82, 2.24) is 4.98 Å². The standard InChI is InChI=1S/C14H18F2N2/c1-2-3-4-11(17)5-9-8-18-14-12(9)6-10(15)7-13(14)16/h6-8,11,18H,2-5,17H2,1H3/t11-/m0/s1. The minimum Gasteiger partial charge on any atom is -0.359 e. The molecule has 3 N–H and O–H groups in total. The van der Waals surface area contributed by atoms with Gasteiger partial charge in [0, 0.05) is 23.7 Å². The van der Waals surface area contributed by atoms with Gasteiger partial charge in [0.25, 0.3) is 0 Å². The Bertz CT molecular complexity index is 534. The molecule has 0 radical (unpaired) electrons. The van der Waals surface area contributed by atoms with Gasteiger partial charge in [-0.3, -0.25) is 0 Å². The lowest BCUT2D eigenvalue weighted by Crippen LogP contribution is -2.22. The zero-order valence-corrected chi connectivity index (χ0v) is 10.5. The topological polar surface area (TPSA) is 41.8 Å². The van der Waals surface area contributed by atoms with E-state index < -0.39 is 11.6 Å². The summed E-state index contributed by atoms with van der Waals surface area (Å²) < 4.78 is 26.7. The van der Waals surface area contributed by atoms with Crippen molar-refractivity contribution in [2.75, 3.05) is 0 Å². The number of hydrogen-bond acceptors (Lipinski definition) is 1. The summed E-state index contributed by atoms with van der Waals surface area (Å²) in [6.45, 7) is 2.11. The van der Waals surface area contributed by atoms with Crippen LogP contribution in [0.15, 0.2) is 18.3 Å². The summed E-state index contributed by atoms with van der Waals surface area (Å²) in [4.78, 5) is 2.85. The Kier molecular flexibility index (Phi) is 3.97. The molecule has 1 aromatic heterocycles. The summed E-state index contributed by atoms with van der Waals surface area (Å²) in [6, 6.07) is 2.28. The molecule has 1 aromatic carbocycles. The maximum absolute atomic E-state index is 13.5. The van der Waals surface area contributed by atoms with Crippen LogP contribution in [0.5, 0.6) is 0 Å². The number of H-pyrrole nitrogens is 1. The molecule has 18 heavy (non-hydrogen) atoms. The van der Waals surface area contributed by atoms with E-state index in [0.29, 0.717) is 17.3 Å². The van der Waals surface area contributed by atoms with E-state index in [1.165, 1.54) is 6.07 Å². The first-order valence-electron chi connectivity index (χ1n) is 6.32. The third-order valence-corrected chi connectivity index (χ3v) is 3.20. The average Bonchev–Trinajstić information content (AvgIpc) is 2.70. The molecule has 98 valence electrons. The maximum Gasteiger partial charge on any atom is 0.150 e. The van der Waals surface area contributed by atoms with Gasteiger partial charge in [-0.1, -0.05) is 19.8 Å². The van der Waals surface area contributed by atoms with E-state index in [9.17, 15) is 8.78 Å². The predicted octanol–water partition coefficient (Wildman–Crippen LogP) is 3.51. The fourth-order valence-corrected chi connectivity index (χ4v) is 2.23. The first-order chi connectivity index (χ1) is 8.61. The van der Waals surface area contributed by atoms with E-state index in [4.69, 9.17) is 5.73 Å². The van der Waals surface area contributed by atoms with Crippen LogP contribution in [0.1, 0.15) is 31.7 Å². The Balaban J connectivity index is 2.23. The molecule has 2 rings (SSSR count). The summed E-state index contributed by atoms with van der Waals surface area (Å²) in [5.74, 6) is -1.11. The van der Waals surface area contributed by atoms with Crippen LogP contribution in [0.3, 0.4) is 0 Å². The second-order valence-electron chi connectivity index (χ2n) is 4.73. The van der Waals surface area contributed by atoms with Crippen molar-refractivity contribution in [3.8, 4) is 0 Å². The number of aromatic amines is 1. The predicted molar refractivity (Wildman–Crippen MR) is 69.4 cm³/mol. The van der Waals surface area contributed by atoms with Gasteiger partial charge in [0.2, 0.25) is 0 Å². The van der Waals surface area contributed by atoms with Crippen molar-refractivity contribution in [3.63, 3.8) is 0 Å². The molecule has 0 unspecified atom stereocenters. The van der Waals surface area contributed by atoms with E-state index in [0.717, 1.165) is 30.9 Å². The van der Waals surface area contributed by atoms with Crippen molar-refractivity contribution in [1.29, 1.82) is 0 Å². The fourth-order valence-electron chi connectivity index (χ4n) is 2.23. The molecule has 0 saturated carbocycles. The highest BCUT2D eigenvalue weighted by atomic mass is 19.1. The Morgan fingerprint density at radius 3 is 2.83 bits per heavy atom. The lowest BCUT2D eigenvalue weighted by Gasteiger charge is -2.09. The van der Waals surface area contributed by atoms with Crippen LogP contribution in [0, 0.1) is 11.6 Å². The third kappa shape index (κ3) is 2.70. The van der Waals surface area contributed by atoms with Crippen LogP contribution >= 0.6 is 0 Å². The van der Waals surface area contributed by atoms with Crippen molar-refractivity contribution >= 4 is 10.9 Å². The molecule has 0 fully saturated rings. The minimum atomic E-state index is -0.557. The second-order valence-corrected chi connectivity index (χ2v) is 4.73. The molecule has 2 aromatic rings. The van der Waals surface area contributed by atoms with E-state index in [2.05, 4.69) is 11.9 Å². The van der Waals surface area contributed by atoms with Crippen LogP contribution in [0.2, 0.25) is 0 Å². The van der Waals surface area contributed by atoms with Crippen LogP contribution in [0.4, 0.5) is 8.78 Å². The number of nitrogens with two attached hydrogens (primary N) is 1. The average molecular weight is 252 g/mol. The summed E-state index contributed by atoms with van der Waals surface area (Å²) in [5.41, 5.74) is 7.25. The van der Waals surface area contributed by atoms with Gasteiger partial charge in [-0.25, -0.2) is 8.78 Å². The fraction of sp³-hybridized carbons (Fsp3) is 0.429. The van der Waals surface area contributed by atoms with Crippen molar-refractivity contribution in [2.24, 2.45) is 5.73 Å². The Morgan fingerprint density at radius 2 is 2.11 bits per heavy atom. The monoisotopic (exact) mass is 252 g/mol. The zero-order valence-electron chi connectivity index (χ0n) is 10.5. The van der Waals surface area contributed by atoms with Crippen molar-refractivity contribution in [3.05, 3.63) is 35.5 Å². The van der Waals surface area contributed by atoms with Crippen molar-refractivity contribution < 1.29 is 8.78 Å². The Morgan fingerprint density at radius 1 is 1.33 bits per heavy atom. The summed E-state index contributed by atoms with van der Waals surface area (Å²) in [6.07, 6.45) is 5.47. The molecule has 2 nitrogen and oxygen atoms in total. The highest BCUT2D eigenvalue weighted by Gasteiger charge is 2.12. The van der Waals surface area contributed by atoms with E-state index in [1.54, 1.807) is 6.20 Å². The van der Waals surface area contributed by atoms with Gasteiger partial charge < -0.3 is 10.7 Å². The molecule has 1 heterocycles. The Labute approximate surface area is 105 Å². The van der Waals surface area contributed by atoms with E-state index in [1.807, 2.05) is 0 Å². The normalized spacial score (nSPS) is 13.1. The molecule has 0 aliphatic rings. The van der Waals surface area contributed by atoms with E-state index in [-0.39, 0.29) is 6.04 Å². The number of nitrogens with one attached hydrogen (secondary N) is 1. The van der Waals surface area contributed by atoms with Gasteiger partial charge in [-0.2, -0.15) is 0 Å². The van der Waals surface area contributed by atoms with Gasteiger partial charge in [-0.05, 0) is 24.5 Å². The highest BCUT2D eigenvalue weighted by molar-refractivity contribution is 5.83. The summed E-state index contributed by atoms with van der Waals surface area (Å²) >= 11 is 0. The number of halogens is 2. The van der Waals surface area contributed by atoms with Gasteiger partial charge in [0.05, 0.1) is 5.52 Å². The van der Waals surface area contributed by atoms with E-state index >= 15 is 0 Å². The number of rotatable bonds is 5. The third-order valence-electron chi connectivity index (χ3n) is 3.20. The van der Waals surface area contributed by atoms with Gasteiger partial charge in [0.15, 0.2) is 0 Å². The highest BCUT2D eigenvalue weighted by Crippen LogP contribution is 2.23. The number of aromatic nitrogens is 1. The second kappa shape index (κ2) is 5.48. The molecule has 4 heteroatoms. The zero-order chi connectivity index (χ0) is 13.1. The smallest absolute Gasteiger partial charge is 0.150 e. The molecule has 0 bridgehead atoms. The molecule has 0 amide bonds. The number of benzene rings is 1. The first-order valence-corrected chi connectivity index (χ1v) is 6.32. The summed E-state index contributed by atoms with van der Waals surface area (Å²) in [7, 11) is 0. The van der Waals surface area contributed by atoms with Gasteiger partial charge in [-0.15, -0.1) is 0 Å². The molecular formula is C14H18F2N2. The lowest BCUT2D eigenvalue weighted by atomic mass is 10.0. The quantitative estimate of drug-likeness (QED) is 0.840. The molecular weight excluding hydrogens is 234 g/mol. The van der Waals surface area contributed by atoms with Crippen LogP contribution in [-0.2, 0) is 6.42 Å². The van der Waals surface area contributed by atoms with Crippen molar-refractivity contribution in [2.45, 2.75) is 38.6 Å². The maximum atomic E-state index is 13.5. The largest absolute Gasteiger partial charge is 0.359 e. The molecule has 0 aliphatic carbocycles. The van der Waals surface area contributed by atoms with Gasteiger partial charge >= 0.3 is 0 Å². The van der Waals surface area contributed by atoms with Crippen LogP contribution in [0.25, 0.3) is 10.9 Å². The van der Waals surface area contributed by atoms with Gasteiger partial charge in [0.1, 0.15) is 11.6 Å². The van der Waals surface area contributed by atoms with Crippen LogP contribution in [-0.4, -0.2) is 11.0 Å². The SMILES string of the molecule is CCCC[C@H](N)Cc1c[nH]c2c(F)cc(F)cc12. The Hall–Kier alpha value is -1.42. The van der Waals surface area contributed by atoms with Crippen LogP contribution < -0.4 is 5.73 Å². The minimum absolute atomic E-state index is 0.0373.